The summed E-state index contributed by atoms with van der Waals surface area (Å²) in [5.41, 5.74) is 0. The molecule has 0 spiro atoms. The van der Waals surface area contributed by atoms with Crippen molar-refractivity contribution in [1.29, 1.82) is 0 Å². The molecule has 20 heavy (non-hydrogen) atoms. The first-order chi connectivity index (χ1) is 9.63. The first kappa shape index (κ1) is 15.0. The first-order valence-electron chi connectivity index (χ1n) is 7.28. The van der Waals surface area contributed by atoms with Crippen molar-refractivity contribution in [2.24, 2.45) is 5.92 Å². The van der Waals surface area contributed by atoms with Gasteiger partial charge in [0, 0.05) is 0 Å². The van der Waals surface area contributed by atoms with E-state index in [1.165, 1.54) is 18.9 Å². The van der Waals surface area contributed by atoms with Crippen molar-refractivity contribution in [2.75, 3.05) is 26.7 Å². The molecule has 0 radical (unpaired) electrons. The third-order valence-corrected chi connectivity index (χ3v) is 4.00. The maximum atomic E-state index is 10.8. The Bertz CT molecular complexity index is 447. The number of hydrogen-bond acceptors (Lipinski definition) is 5. The van der Waals surface area contributed by atoms with E-state index in [2.05, 4.69) is 24.2 Å². The minimum absolute atomic E-state index is 0.116. The molecule has 0 bridgehead atoms. The summed E-state index contributed by atoms with van der Waals surface area (Å²) in [6, 6.07) is 3.33. The normalized spacial score (nSPS) is 24.5. The maximum absolute atomic E-state index is 10.8. The second-order valence-corrected chi connectivity index (χ2v) is 5.42. The van der Waals surface area contributed by atoms with Gasteiger partial charge in [0.1, 0.15) is 10.7 Å². The fourth-order valence-corrected chi connectivity index (χ4v) is 3.02. The van der Waals surface area contributed by atoms with Gasteiger partial charge in [-0.05, 0) is 51.5 Å². The molecule has 1 aromatic heterocycles. The van der Waals surface area contributed by atoms with Gasteiger partial charge in [-0.1, -0.05) is 13.3 Å². The van der Waals surface area contributed by atoms with E-state index in [1.807, 2.05) is 0 Å². The van der Waals surface area contributed by atoms with Gasteiger partial charge in [0.25, 0.3) is 0 Å². The number of nitrogens with one attached hydrogen (secondary N) is 1. The van der Waals surface area contributed by atoms with Crippen LogP contribution in [0.5, 0.6) is 0 Å². The Morgan fingerprint density at radius 1 is 1.50 bits per heavy atom. The summed E-state index contributed by atoms with van der Waals surface area (Å²) in [4.78, 5) is 12.6. The molecule has 6 nitrogen and oxygen atoms in total. The number of nitro groups is 1. The Labute approximate surface area is 119 Å². The van der Waals surface area contributed by atoms with Crippen LogP contribution in [0.2, 0.25) is 0 Å². The molecule has 1 aromatic rings. The predicted octanol–water partition coefficient (Wildman–Crippen LogP) is 2.57. The molecule has 0 saturated carbocycles. The van der Waals surface area contributed by atoms with E-state index < -0.39 is 4.92 Å². The minimum atomic E-state index is -0.473. The van der Waals surface area contributed by atoms with Gasteiger partial charge in [-0.15, -0.1) is 0 Å². The van der Waals surface area contributed by atoms with Crippen LogP contribution in [0.25, 0.3) is 0 Å². The summed E-state index contributed by atoms with van der Waals surface area (Å²) in [7, 11) is 2.07. The van der Waals surface area contributed by atoms with Crippen LogP contribution in [0, 0.1) is 16.0 Å². The molecule has 1 aliphatic rings. The molecule has 1 N–H and O–H groups in total. The lowest BCUT2D eigenvalue weighted by molar-refractivity contribution is -0.402. The molecule has 0 aromatic carbocycles. The molecular weight excluding hydrogens is 258 g/mol. The van der Waals surface area contributed by atoms with Gasteiger partial charge >= 0.3 is 5.88 Å². The van der Waals surface area contributed by atoms with Gasteiger partial charge < -0.3 is 9.73 Å². The van der Waals surface area contributed by atoms with E-state index in [0.29, 0.717) is 11.7 Å². The molecule has 2 rings (SSSR count). The van der Waals surface area contributed by atoms with E-state index in [-0.39, 0.29) is 11.9 Å². The predicted molar refractivity (Wildman–Crippen MR) is 76.6 cm³/mol. The highest BCUT2D eigenvalue weighted by Gasteiger charge is 2.32. The first-order valence-corrected chi connectivity index (χ1v) is 7.28. The van der Waals surface area contributed by atoms with Crippen LogP contribution in [0.4, 0.5) is 5.88 Å². The third kappa shape index (κ3) is 3.37. The largest absolute Gasteiger partial charge is 0.433 e. The highest BCUT2D eigenvalue weighted by atomic mass is 16.6. The molecule has 1 saturated heterocycles. The summed E-state index contributed by atoms with van der Waals surface area (Å²) >= 11 is 0. The third-order valence-electron chi connectivity index (χ3n) is 4.00. The monoisotopic (exact) mass is 281 g/mol. The zero-order chi connectivity index (χ0) is 14.5. The quantitative estimate of drug-likeness (QED) is 0.663. The van der Waals surface area contributed by atoms with Gasteiger partial charge in [-0.25, -0.2) is 0 Å². The van der Waals surface area contributed by atoms with E-state index in [9.17, 15) is 10.1 Å². The molecule has 2 atom stereocenters. The van der Waals surface area contributed by atoms with E-state index >= 15 is 0 Å². The fourth-order valence-electron chi connectivity index (χ4n) is 3.02. The van der Waals surface area contributed by atoms with Crippen LogP contribution in [0.15, 0.2) is 16.5 Å². The van der Waals surface area contributed by atoms with Crippen molar-refractivity contribution < 1.29 is 9.34 Å². The van der Waals surface area contributed by atoms with Crippen LogP contribution >= 0.6 is 0 Å². The summed E-state index contributed by atoms with van der Waals surface area (Å²) in [5.74, 6) is 0.969. The Hall–Kier alpha value is -1.40. The second kappa shape index (κ2) is 6.85. The number of furan rings is 1. The highest BCUT2D eigenvalue weighted by Crippen LogP contribution is 2.35. The topological polar surface area (TPSA) is 71.5 Å². The van der Waals surface area contributed by atoms with Crippen LogP contribution in [-0.2, 0) is 0 Å². The summed E-state index contributed by atoms with van der Waals surface area (Å²) in [6.07, 6.45) is 3.48. The van der Waals surface area contributed by atoms with Gasteiger partial charge in [0.15, 0.2) is 0 Å². The van der Waals surface area contributed by atoms with Crippen LogP contribution in [0.1, 0.15) is 38.0 Å². The van der Waals surface area contributed by atoms with Gasteiger partial charge in [-0.3, -0.25) is 15.0 Å². The van der Waals surface area contributed by atoms with Crippen molar-refractivity contribution in [2.45, 2.75) is 32.2 Å². The Kier molecular flexibility index (Phi) is 5.14. The highest BCUT2D eigenvalue weighted by molar-refractivity contribution is 5.20. The van der Waals surface area contributed by atoms with Crippen molar-refractivity contribution in [3.8, 4) is 0 Å². The van der Waals surface area contributed by atoms with Gasteiger partial charge in [0.2, 0.25) is 0 Å². The zero-order valence-electron chi connectivity index (χ0n) is 12.2. The zero-order valence-corrected chi connectivity index (χ0v) is 12.2. The number of nitrogens with zero attached hydrogens (tertiary/aromatic N) is 2. The lowest BCUT2D eigenvalue weighted by Gasteiger charge is -2.30. The molecule has 1 aliphatic heterocycles. The van der Waals surface area contributed by atoms with Crippen LogP contribution < -0.4 is 5.32 Å². The molecule has 112 valence electrons. The SMILES string of the molecule is CCNCC1CCCCN(C)C1c1ccc([N+](=O)[O-])o1. The molecule has 6 heteroatoms. The lowest BCUT2D eigenvalue weighted by Crippen LogP contribution is -2.34. The average Bonchev–Trinajstić information content (AvgIpc) is 2.82. The standard InChI is InChI=1S/C14H23N3O3/c1-3-15-10-11-6-4-5-9-16(2)14(11)12-7-8-13(20-12)17(18)19/h7-8,11,14-15H,3-6,9-10H2,1-2H3. The van der Waals surface area contributed by atoms with Gasteiger partial charge in [0.05, 0.1) is 12.1 Å². The van der Waals surface area contributed by atoms with Crippen molar-refractivity contribution in [3.05, 3.63) is 28.0 Å². The smallest absolute Gasteiger partial charge is 0.404 e. The lowest BCUT2D eigenvalue weighted by atomic mass is 9.93. The van der Waals surface area contributed by atoms with Crippen LogP contribution in [0.3, 0.4) is 0 Å². The number of rotatable bonds is 5. The van der Waals surface area contributed by atoms with E-state index in [0.717, 1.165) is 26.1 Å². The second-order valence-electron chi connectivity index (χ2n) is 5.42. The van der Waals surface area contributed by atoms with Crippen molar-refractivity contribution in [3.63, 3.8) is 0 Å². The Morgan fingerprint density at radius 2 is 2.30 bits per heavy atom. The van der Waals surface area contributed by atoms with E-state index in [4.69, 9.17) is 4.42 Å². The number of hydrogen-bond donors (Lipinski definition) is 1. The number of likely N-dealkylation sites (tertiary alicyclic amines) is 1. The van der Waals surface area contributed by atoms with Gasteiger partial charge in [-0.2, -0.15) is 0 Å². The molecule has 0 aliphatic carbocycles. The summed E-state index contributed by atoms with van der Waals surface area (Å²) in [5, 5.41) is 14.2. The van der Waals surface area contributed by atoms with Crippen molar-refractivity contribution >= 4 is 5.88 Å². The Balaban J connectivity index is 2.22. The minimum Gasteiger partial charge on any atom is -0.404 e. The molecular formula is C14H23N3O3. The molecule has 2 unspecified atom stereocenters. The maximum Gasteiger partial charge on any atom is 0.433 e. The fraction of sp³-hybridized carbons (Fsp3) is 0.714. The van der Waals surface area contributed by atoms with Crippen molar-refractivity contribution in [1.82, 2.24) is 10.2 Å². The Morgan fingerprint density at radius 3 is 2.95 bits per heavy atom. The summed E-state index contributed by atoms with van der Waals surface area (Å²) in [6.45, 7) is 4.94. The molecule has 0 amide bonds. The molecule has 2 heterocycles. The summed E-state index contributed by atoms with van der Waals surface area (Å²) < 4.78 is 5.45. The molecule has 1 fully saturated rings. The van der Waals surface area contributed by atoms with Crippen LogP contribution in [-0.4, -0.2) is 36.5 Å². The average molecular weight is 281 g/mol. The van der Waals surface area contributed by atoms with E-state index in [1.54, 1.807) is 6.07 Å².